The molecule has 0 saturated heterocycles. The lowest BCUT2D eigenvalue weighted by molar-refractivity contribution is 0.486. The van der Waals surface area contributed by atoms with E-state index in [1.165, 1.54) is 44.3 Å². The zero-order valence-electron chi connectivity index (χ0n) is 28.9. The van der Waals surface area contributed by atoms with E-state index in [9.17, 15) is 0 Å². The predicted molar refractivity (Wildman–Crippen MR) is 219 cm³/mol. The van der Waals surface area contributed by atoms with E-state index in [1.54, 1.807) is 0 Å². The maximum absolute atomic E-state index is 7.21. The normalized spacial score (nSPS) is 13.9. The zero-order chi connectivity index (χ0) is 34.9. The maximum atomic E-state index is 7.21. The summed E-state index contributed by atoms with van der Waals surface area (Å²) in [6.07, 6.45) is 0. The van der Waals surface area contributed by atoms with Crippen molar-refractivity contribution in [3.8, 4) is 11.5 Å². The average molecular weight is 677 g/mol. The summed E-state index contributed by atoms with van der Waals surface area (Å²) in [6.45, 7) is -0.0115. The van der Waals surface area contributed by atoms with Gasteiger partial charge >= 0.3 is 0 Å². The molecule has 0 saturated carbocycles. The molecule has 4 heteroatoms. The van der Waals surface area contributed by atoms with Crippen molar-refractivity contribution >= 4 is 57.2 Å². The number of anilines is 6. The Bertz CT molecular complexity index is 2570. The Balaban J connectivity index is 1.26. The van der Waals surface area contributed by atoms with Crippen molar-refractivity contribution < 1.29 is 4.74 Å². The van der Waals surface area contributed by atoms with Gasteiger partial charge in [0.15, 0.2) is 0 Å². The van der Waals surface area contributed by atoms with Gasteiger partial charge in [0, 0.05) is 34.5 Å². The Hall–Kier alpha value is -6.78. The molecular weight excluding hydrogens is 643 g/mol. The van der Waals surface area contributed by atoms with Crippen LogP contribution in [0.1, 0.15) is 22.3 Å². The molecule has 53 heavy (non-hydrogen) atoms. The number of nitrogens with zero attached hydrogens (tertiary/aromatic N) is 2. The molecule has 8 aromatic carbocycles. The van der Waals surface area contributed by atoms with E-state index in [1.807, 2.05) is 0 Å². The summed E-state index contributed by atoms with van der Waals surface area (Å²) in [5, 5.41) is 0. The van der Waals surface area contributed by atoms with E-state index in [0.717, 1.165) is 39.9 Å². The summed E-state index contributed by atoms with van der Waals surface area (Å²) in [4.78, 5) is 4.80. The molecule has 0 aliphatic carbocycles. The second-order valence-electron chi connectivity index (χ2n) is 14.0. The molecule has 3 heterocycles. The number of hydrogen-bond acceptors (Lipinski definition) is 3. The molecule has 0 radical (unpaired) electrons. The van der Waals surface area contributed by atoms with Gasteiger partial charge in [0.2, 0.25) is 0 Å². The molecule has 0 spiro atoms. The van der Waals surface area contributed by atoms with Crippen LogP contribution in [0.15, 0.2) is 200 Å². The minimum atomic E-state index is -0.562. The van der Waals surface area contributed by atoms with E-state index < -0.39 is 5.41 Å². The topological polar surface area (TPSA) is 15.7 Å². The fourth-order valence-electron chi connectivity index (χ4n) is 9.37. The van der Waals surface area contributed by atoms with E-state index in [2.05, 4.69) is 210 Å². The van der Waals surface area contributed by atoms with Crippen molar-refractivity contribution in [1.82, 2.24) is 0 Å². The van der Waals surface area contributed by atoms with Crippen molar-refractivity contribution in [1.29, 1.82) is 0 Å². The van der Waals surface area contributed by atoms with Crippen LogP contribution in [0, 0.1) is 0 Å². The van der Waals surface area contributed by atoms with Crippen molar-refractivity contribution in [3.63, 3.8) is 0 Å². The number of hydrogen-bond donors (Lipinski definition) is 0. The molecule has 0 amide bonds. The molecule has 11 rings (SSSR count). The summed E-state index contributed by atoms with van der Waals surface area (Å²) in [7, 11) is 0. The second kappa shape index (κ2) is 11.6. The van der Waals surface area contributed by atoms with Gasteiger partial charge < -0.3 is 14.5 Å². The van der Waals surface area contributed by atoms with Crippen LogP contribution in [0.4, 0.5) is 34.1 Å². The Morgan fingerprint density at radius 3 is 1.55 bits per heavy atom. The van der Waals surface area contributed by atoms with Gasteiger partial charge in [0.1, 0.15) is 11.5 Å². The van der Waals surface area contributed by atoms with Gasteiger partial charge in [-0.3, -0.25) is 0 Å². The number of para-hydroxylation sites is 3. The fourth-order valence-corrected chi connectivity index (χ4v) is 9.37. The third kappa shape index (κ3) is 4.24. The molecule has 0 bridgehead atoms. The molecule has 3 nitrogen and oxygen atoms in total. The largest absolute Gasteiger partial charge is 0.458 e. The predicted octanol–water partition coefficient (Wildman–Crippen LogP) is 10.3. The summed E-state index contributed by atoms with van der Waals surface area (Å²) in [5.74, 6) is 1.80. The minimum absolute atomic E-state index is 0.0115. The number of rotatable bonds is 6. The van der Waals surface area contributed by atoms with E-state index in [0.29, 0.717) is 0 Å². The second-order valence-corrected chi connectivity index (χ2v) is 14.0. The van der Waals surface area contributed by atoms with Crippen LogP contribution in [0.5, 0.6) is 11.5 Å². The first-order chi connectivity index (χ1) is 26.3. The van der Waals surface area contributed by atoms with E-state index >= 15 is 0 Å². The van der Waals surface area contributed by atoms with Crippen LogP contribution in [0.2, 0.25) is 0 Å². The van der Waals surface area contributed by atoms with Gasteiger partial charge in [-0.1, -0.05) is 140 Å². The summed E-state index contributed by atoms with van der Waals surface area (Å²) in [5.41, 5.74) is 14.9. The maximum Gasteiger partial charge on any atom is 0.257 e. The lowest BCUT2D eigenvalue weighted by Crippen LogP contribution is -2.66. The lowest BCUT2D eigenvalue weighted by atomic mass is 9.28. The summed E-state index contributed by atoms with van der Waals surface area (Å²) in [6, 6.07) is 72.4. The Labute approximate surface area is 310 Å². The molecule has 3 aliphatic rings. The molecule has 8 aromatic rings. The third-order valence-electron chi connectivity index (χ3n) is 11.3. The smallest absolute Gasteiger partial charge is 0.257 e. The Morgan fingerprint density at radius 1 is 0.415 bits per heavy atom. The highest BCUT2D eigenvalue weighted by Gasteiger charge is 2.54. The molecule has 0 atom stereocenters. The number of ether oxygens (including phenoxy) is 1. The van der Waals surface area contributed by atoms with Gasteiger partial charge in [-0.05, 0) is 93.2 Å². The molecule has 3 aliphatic heterocycles. The van der Waals surface area contributed by atoms with E-state index in [4.69, 9.17) is 4.74 Å². The quantitative estimate of drug-likeness (QED) is 0.163. The monoisotopic (exact) mass is 676 g/mol. The van der Waals surface area contributed by atoms with Gasteiger partial charge in [0.05, 0.1) is 11.1 Å². The van der Waals surface area contributed by atoms with Gasteiger partial charge in [-0.15, -0.1) is 0 Å². The van der Waals surface area contributed by atoms with Crippen LogP contribution in [-0.4, -0.2) is 6.71 Å². The highest BCUT2D eigenvalue weighted by atomic mass is 16.5. The zero-order valence-corrected chi connectivity index (χ0v) is 28.9. The molecule has 248 valence electrons. The molecule has 0 fully saturated rings. The molecule has 0 aromatic heterocycles. The van der Waals surface area contributed by atoms with E-state index in [-0.39, 0.29) is 6.71 Å². The molecule has 0 unspecified atom stereocenters. The van der Waals surface area contributed by atoms with Crippen LogP contribution in [0.25, 0.3) is 0 Å². The van der Waals surface area contributed by atoms with Crippen LogP contribution in [0.3, 0.4) is 0 Å². The highest BCUT2D eigenvalue weighted by molar-refractivity contribution is 7.00. The fraction of sp³-hybridized carbons (Fsp3) is 0.0204. The number of benzene rings is 8. The minimum Gasteiger partial charge on any atom is -0.458 e. The SMILES string of the molecule is c1ccc(N(c2ccccc2)c2cc3c4c(c2)N(c2ccccc2)c2cccc5c2B4c2c(cccc2C5(c2ccccc2)c2ccccc2)O3)cc1. The van der Waals surface area contributed by atoms with Crippen LogP contribution < -0.4 is 30.9 Å². The van der Waals surface area contributed by atoms with Gasteiger partial charge in [-0.25, -0.2) is 0 Å². The van der Waals surface area contributed by atoms with Crippen molar-refractivity contribution in [2.45, 2.75) is 5.41 Å². The van der Waals surface area contributed by atoms with Crippen molar-refractivity contribution in [2.24, 2.45) is 0 Å². The first-order valence-corrected chi connectivity index (χ1v) is 18.3. The summed E-state index contributed by atoms with van der Waals surface area (Å²) < 4.78 is 7.21. The highest BCUT2D eigenvalue weighted by Crippen LogP contribution is 2.52. The first-order valence-electron chi connectivity index (χ1n) is 18.3. The van der Waals surface area contributed by atoms with Crippen molar-refractivity contribution in [3.05, 3.63) is 222 Å². The summed E-state index contributed by atoms with van der Waals surface area (Å²) >= 11 is 0. The van der Waals surface area contributed by atoms with Crippen LogP contribution in [-0.2, 0) is 5.41 Å². The van der Waals surface area contributed by atoms with Crippen molar-refractivity contribution in [2.75, 3.05) is 9.80 Å². The Kier molecular flexibility index (Phi) is 6.56. The van der Waals surface area contributed by atoms with Crippen LogP contribution >= 0.6 is 0 Å². The lowest BCUT2D eigenvalue weighted by Gasteiger charge is -2.50. The average Bonchev–Trinajstić information content (AvgIpc) is 3.23. The standard InChI is InChI=1S/C49H33BN2O/c1-6-18-34(19-7-1)49(35-20-8-2-9-21-35)40-28-16-30-42-46(40)50-47-41(49)29-17-31-44(47)53-45-33-39(32-43(48(45)50)52(42)38-26-14-5-15-27-38)51(36-22-10-3-11-23-36)37-24-12-4-13-25-37/h1-33H. The van der Waals surface area contributed by atoms with Gasteiger partial charge in [-0.2, -0.15) is 0 Å². The van der Waals surface area contributed by atoms with Gasteiger partial charge in [0.25, 0.3) is 6.71 Å². The third-order valence-corrected chi connectivity index (χ3v) is 11.3. The molecular formula is C49H33BN2O. The molecule has 0 N–H and O–H groups in total. The first kappa shape index (κ1) is 29.9. The Morgan fingerprint density at radius 2 is 0.943 bits per heavy atom.